The summed E-state index contributed by atoms with van der Waals surface area (Å²) in [4.78, 5) is 30.4. The maximum atomic E-state index is 13.2. The summed E-state index contributed by atoms with van der Waals surface area (Å²) in [6, 6.07) is 11.2. The van der Waals surface area contributed by atoms with E-state index in [1.165, 1.54) is 19.3 Å². The van der Waals surface area contributed by atoms with Crippen molar-refractivity contribution in [3.63, 3.8) is 0 Å². The lowest BCUT2D eigenvalue weighted by Crippen LogP contribution is -2.50. The normalized spacial score (nSPS) is 23.3. The summed E-state index contributed by atoms with van der Waals surface area (Å²) in [6.45, 7) is 4.94. The molecule has 2 fully saturated rings. The third-order valence-corrected chi connectivity index (χ3v) is 7.16. The molecular weight excluding hydrogens is 412 g/mol. The van der Waals surface area contributed by atoms with E-state index in [1.54, 1.807) is 12.1 Å². The quantitative estimate of drug-likeness (QED) is 0.780. The smallest absolute Gasteiger partial charge is 0.321 e. The van der Waals surface area contributed by atoms with E-state index in [9.17, 15) is 9.59 Å². The Morgan fingerprint density at radius 1 is 1.00 bits per heavy atom. The number of halogens is 1. The molecule has 2 aromatic rings. The molecule has 2 saturated heterocycles. The van der Waals surface area contributed by atoms with Gasteiger partial charge in [0, 0.05) is 54.1 Å². The first-order chi connectivity index (χ1) is 15.1. The minimum Gasteiger partial charge on any atom is -0.324 e. The van der Waals surface area contributed by atoms with E-state index in [1.807, 2.05) is 27.7 Å². The summed E-state index contributed by atoms with van der Waals surface area (Å²) in [5.74, 6) is 0.519. The van der Waals surface area contributed by atoms with Crippen LogP contribution in [0.2, 0.25) is 5.02 Å². The van der Waals surface area contributed by atoms with Crippen molar-refractivity contribution in [2.24, 2.45) is 5.92 Å². The highest BCUT2D eigenvalue weighted by molar-refractivity contribution is 6.30. The number of likely N-dealkylation sites (tertiary alicyclic amines) is 2. The first kappa shape index (κ1) is 20.6. The van der Waals surface area contributed by atoms with Crippen LogP contribution in [0, 0.1) is 5.92 Å². The number of fused-ring (bicyclic) bond motifs is 4. The van der Waals surface area contributed by atoms with Gasteiger partial charge in [-0.25, -0.2) is 4.79 Å². The van der Waals surface area contributed by atoms with E-state index in [-0.39, 0.29) is 17.5 Å². The third kappa shape index (κ3) is 4.37. The third-order valence-electron chi connectivity index (χ3n) is 6.91. The first-order valence-electron chi connectivity index (χ1n) is 11.3. The Kier molecular flexibility index (Phi) is 5.76. The average molecular weight is 441 g/mol. The number of anilines is 1. The second kappa shape index (κ2) is 8.67. The number of aromatic nitrogens is 1. The molecular formula is C24H29ClN4O2. The van der Waals surface area contributed by atoms with Crippen LogP contribution < -0.4 is 10.9 Å². The van der Waals surface area contributed by atoms with Gasteiger partial charge in [0.05, 0.1) is 0 Å². The standard InChI is InChI=1S/C24H29ClN4O2/c25-20-5-7-21(8-6-20)26-24(31)28-13-17-12-19(16-28)22-9-4-18(23(30)29(22)14-17)15-27-10-2-1-3-11-27/h4-9,17,19H,1-3,10-16H2,(H,26,31)/t17-,19+/m0/s1. The SMILES string of the molecule is O=C(Nc1ccc(Cl)cc1)N1C[C@@H]2C[C@H](C1)c1ccc(CN3CCCCC3)c(=O)n1C2. The van der Waals surface area contributed by atoms with Gasteiger partial charge in [-0.2, -0.15) is 0 Å². The highest BCUT2D eigenvalue weighted by Crippen LogP contribution is 2.35. The van der Waals surface area contributed by atoms with Crippen molar-refractivity contribution >= 4 is 23.3 Å². The number of nitrogens with zero attached hydrogens (tertiary/aromatic N) is 3. The number of urea groups is 1. The number of carbonyl (C=O) groups is 1. The predicted octanol–water partition coefficient (Wildman–Crippen LogP) is 4.14. The maximum absolute atomic E-state index is 13.2. The molecule has 3 aliphatic rings. The number of hydrogen-bond donors (Lipinski definition) is 1. The fourth-order valence-electron chi connectivity index (χ4n) is 5.37. The minimum absolute atomic E-state index is 0.0884. The zero-order chi connectivity index (χ0) is 21.4. The molecule has 0 saturated carbocycles. The molecule has 0 spiro atoms. The van der Waals surface area contributed by atoms with Crippen molar-refractivity contribution in [1.82, 2.24) is 14.4 Å². The zero-order valence-electron chi connectivity index (χ0n) is 17.7. The number of carbonyl (C=O) groups excluding carboxylic acids is 1. The molecule has 31 heavy (non-hydrogen) atoms. The summed E-state index contributed by atoms with van der Waals surface area (Å²) in [5, 5.41) is 3.62. The predicted molar refractivity (Wildman–Crippen MR) is 123 cm³/mol. The van der Waals surface area contributed by atoms with Crippen LogP contribution in [0.3, 0.4) is 0 Å². The molecule has 1 aromatic carbocycles. The summed E-state index contributed by atoms with van der Waals surface area (Å²) < 4.78 is 1.99. The van der Waals surface area contributed by atoms with Gasteiger partial charge in [-0.1, -0.05) is 24.1 Å². The minimum atomic E-state index is -0.0884. The van der Waals surface area contributed by atoms with Crippen LogP contribution in [0.5, 0.6) is 0 Å². The Morgan fingerprint density at radius 2 is 1.77 bits per heavy atom. The first-order valence-corrected chi connectivity index (χ1v) is 11.7. The summed E-state index contributed by atoms with van der Waals surface area (Å²) in [6.07, 6.45) is 4.79. The number of rotatable bonds is 3. The van der Waals surface area contributed by atoms with Crippen LogP contribution in [0.15, 0.2) is 41.2 Å². The summed E-state index contributed by atoms with van der Waals surface area (Å²) >= 11 is 5.93. The van der Waals surface area contributed by atoms with Crippen LogP contribution in [-0.2, 0) is 13.1 Å². The van der Waals surface area contributed by atoms with Gasteiger partial charge in [-0.15, -0.1) is 0 Å². The number of pyridine rings is 1. The largest absolute Gasteiger partial charge is 0.324 e. The maximum Gasteiger partial charge on any atom is 0.321 e. The van der Waals surface area contributed by atoms with Crippen molar-refractivity contribution in [3.8, 4) is 0 Å². The molecule has 7 heteroatoms. The number of nitrogens with one attached hydrogen (secondary N) is 1. The molecule has 1 N–H and O–H groups in total. The Morgan fingerprint density at radius 3 is 2.55 bits per heavy atom. The monoisotopic (exact) mass is 440 g/mol. The van der Waals surface area contributed by atoms with Gasteiger partial charge in [-0.3, -0.25) is 9.69 Å². The Labute approximate surface area is 187 Å². The van der Waals surface area contributed by atoms with Gasteiger partial charge >= 0.3 is 6.03 Å². The molecule has 5 rings (SSSR count). The van der Waals surface area contributed by atoms with E-state index >= 15 is 0 Å². The fourth-order valence-corrected chi connectivity index (χ4v) is 5.50. The van der Waals surface area contributed by atoms with Crippen molar-refractivity contribution < 1.29 is 4.79 Å². The van der Waals surface area contributed by atoms with Crippen molar-refractivity contribution in [3.05, 3.63) is 63.0 Å². The molecule has 2 amide bonds. The van der Waals surface area contributed by atoms with Gasteiger partial charge in [0.2, 0.25) is 0 Å². The lowest BCUT2D eigenvalue weighted by Gasteiger charge is -2.42. The molecule has 4 heterocycles. The van der Waals surface area contributed by atoms with Gasteiger partial charge in [0.25, 0.3) is 5.56 Å². The molecule has 3 aliphatic heterocycles. The van der Waals surface area contributed by atoms with Crippen LogP contribution in [-0.4, -0.2) is 46.6 Å². The Hall–Kier alpha value is -2.31. The van der Waals surface area contributed by atoms with Crippen molar-refractivity contribution in [2.75, 3.05) is 31.5 Å². The molecule has 0 radical (unpaired) electrons. The van der Waals surface area contributed by atoms with Crippen LogP contribution >= 0.6 is 11.6 Å². The number of benzene rings is 1. The highest BCUT2D eigenvalue weighted by atomic mass is 35.5. The van der Waals surface area contributed by atoms with Gasteiger partial charge in [-0.05, 0) is 68.6 Å². The second-order valence-corrected chi connectivity index (χ2v) is 9.61. The summed E-state index contributed by atoms with van der Waals surface area (Å²) in [5.41, 5.74) is 2.89. The van der Waals surface area contributed by atoms with E-state index in [4.69, 9.17) is 11.6 Å². The second-order valence-electron chi connectivity index (χ2n) is 9.18. The molecule has 164 valence electrons. The van der Waals surface area contributed by atoms with Crippen molar-refractivity contribution in [1.29, 1.82) is 0 Å². The molecule has 2 atom stereocenters. The van der Waals surface area contributed by atoms with E-state index < -0.39 is 0 Å². The van der Waals surface area contributed by atoms with Crippen LogP contribution in [0.25, 0.3) is 0 Å². The molecule has 1 aromatic heterocycles. The van der Waals surface area contributed by atoms with Gasteiger partial charge < -0.3 is 14.8 Å². The topological polar surface area (TPSA) is 57.6 Å². The van der Waals surface area contributed by atoms with Gasteiger partial charge in [0.1, 0.15) is 0 Å². The number of hydrogen-bond acceptors (Lipinski definition) is 3. The van der Waals surface area contributed by atoms with Gasteiger partial charge in [0.15, 0.2) is 0 Å². The number of amides is 2. The molecule has 0 aliphatic carbocycles. The number of piperidine rings is 2. The molecule has 6 nitrogen and oxygen atoms in total. The van der Waals surface area contributed by atoms with E-state index in [0.29, 0.717) is 30.6 Å². The molecule has 0 unspecified atom stereocenters. The van der Waals surface area contributed by atoms with Crippen molar-refractivity contribution in [2.45, 2.75) is 44.7 Å². The zero-order valence-corrected chi connectivity index (χ0v) is 18.5. The average Bonchev–Trinajstić information content (AvgIpc) is 2.78. The summed E-state index contributed by atoms with van der Waals surface area (Å²) in [7, 11) is 0. The van der Waals surface area contributed by atoms with Crippen LogP contribution in [0.1, 0.15) is 42.9 Å². The highest BCUT2D eigenvalue weighted by Gasteiger charge is 2.36. The van der Waals surface area contributed by atoms with E-state index in [2.05, 4.69) is 16.3 Å². The van der Waals surface area contributed by atoms with E-state index in [0.717, 1.165) is 43.0 Å². The Balaban J connectivity index is 1.30. The molecule has 2 bridgehead atoms. The van der Waals surface area contributed by atoms with Crippen LogP contribution in [0.4, 0.5) is 10.5 Å². The lowest BCUT2D eigenvalue weighted by molar-refractivity contribution is 0.139. The fraction of sp³-hybridized carbons (Fsp3) is 0.500. The Bertz CT molecular complexity index is 1010. The lowest BCUT2D eigenvalue weighted by atomic mass is 9.83.